The van der Waals surface area contributed by atoms with Crippen molar-refractivity contribution >= 4 is 35.2 Å². The van der Waals surface area contributed by atoms with E-state index in [1.54, 1.807) is 31.4 Å². The van der Waals surface area contributed by atoms with E-state index in [1.165, 1.54) is 11.3 Å². The first-order chi connectivity index (χ1) is 12.4. The number of hydrogen-bond donors (Lipinski definition) is 3. The number of amides is 3. The zero-order valence-electron chi connectivity index (χ0n) is 14.3. The lowest BCUT2D eigenvalue weighted by Gasteiger charge is -2.26. The van der Waals surface area contributed by atoms with E-state index in [-0.39, 0.29) is 36.9 Å². The van der Waals surface area contributed by atoms with Crippen LogP contribution in [0.4, 0.5) is 4.79 Å². The first-order valence-corrected chi connectivity index (χ1v) is 8.75. The zero-order chi connectivity index (χ0) is 19.1. The third kappa shape index (κ3) is 5.06. The molecule has 0 fully saturated rings. The topological polar surface area (TPSA) is 123 Å². The summed E-state index contributed by atoms with van der Waals surface area (Å²) in [6.07, 6.45) is 0. The maximum Gasteiger partial charge on any atom is 0.338 e. The van der Waals surface area contributed by atoms with Gasteiger partial charge in [0, 0.05) is 0 Å². The molecule has 2 heterocycles. The number of nitrogens with one attached hydrogen (secondary N) is 3. The van der Waals surface area contributed by atoms with Crippen LogP contribution in [-0.4, -0.2) is 49.7 Å². The Bertz CT molecular complexity index is 728. The van der Waals surface area contributed by atoms with Crippen molar-refractivity contribution in [1.82, 2.24) is 16.0 Å². The average Bonchev–Trinajstić information content (AvgIpc) is 3.12. The van der Waals surface area contributed by atoms with Crippen molar-refractivity contribution in [3.63, 3.8) is 0 Å². The Morgan fingerprint density at radius 2 is 2.08 bits per heavy atom. The van der Waals surface area contributed by atoms with Crippen molar-refractivity contribution in [3.8, 4) is 0 Å². The Morgan fingerprint density at radius 1 is 1.31 bits per heavy atom. The number of esters is 2. The van der Waals surface area contributed by atoms with Crippen molar-refractivity contribution in [2.75, 3.05) is 19.8 Å². The lowest BCUT2D eigenvalue weighted by molar-refractivity contribution is -0.142. The number of thiophene rings is 1. The summed E-state index contributed by atoms with van der Waals surface area (Å²) in [6.45, 7) is 2.80. The molecule has 140 valence electrons. The van der Waals surface area contributed by atoms with Crippen LogP contribution in [0.25, 0.3) is 0 Å². The van der Waals surface area contributed by atoms with Crippen LogP contribution in [0, 0.1) is 0 Å². The van der Waals surface area contributed by atoms with E-state index in [9.17, 15) is 19.2 Å². The fourth-order valence-corrected chi connectivity index (χ4v) is 2.88. The van der Waals surface area contributed by atoms with E-state index in [0.29, 0.717) is 4.88 Å². The lowest BCUT2D eigenvalue weighted by Crippen LogP contribution is -2.50. The van der Waals surface area contributed by atoms with Crippen molar-refractivity contribution in [3.05, 3.63) is 33.7 Å². The number of carbonyl (C=O) groups is 4. The average molecular weight is 381 g/mol. The predicted molar refractivity (Wildman–Crippen MR) is 92.4 cm³/mol. The molecule has 0 bridgehead atoms. The molecule has 1 aliphatic heterocycles. The smallest absolute Gasteiger partial charge is 0.338 e. The molecule has 0 saturated carbocycles. The molecule has 1 aromatic heterocycles. The van der Waals surface area contributed by atoms with Gasteiger partial charge in [-0.3, -0.25) is 9.59 Å². The third-order valence-corrected chi connectivity index (χ3v) is 4.25. The number of urea groups is 1. The Morgan fingerprint density at radius 3 is 2.73 bits per heavy atom. The summed E-state index contributed by atoms with van der Waals surface area (Å²) < 4.78 is 10.0. The van der Waals surface area contributed by atoms with Gasteiger partial charge in [0.15, 0.2) is 0 Å². The van der Waals surface area contributed by atoms with Gasteiger partial charge in [0.05, 0.1) is 28.8 Å². The number of carbonyl (C=O) groups excluding carboxylic acids is 4. The van der Waals surface area contributed by atoms with Gasteiger partial charge in [-0.05, 0) is 25.3 Å². The minimum absolute atomic E-state index is 0.151. The number of hydrogen-bond acceptors (Lipinski definition) is 7. The van der Waals surface area contributed by atoms with Gasteiger partial charge in [-0.1, -0.05) is 6.07 Å². The van der Waals surface area contributed by atoms with Crippen LogP contribution in [0.15, 0.2) is 28.8 Å². The highest BCUT2D eigenvalue weighted by molar-refractivity contribution is 7.12. The minimum Gasteiger partial charge on any atom is -0.463 e. The Labute approximate surface area is 153 Å². The van der Waals surface area contributed by atoms with Crippen molar-refractivity contribution in [2.24, 2.45) is 0 Å². The maximum absolute atomic E-state index is 12.0. The van der Waals surface area contributed by atoms with Gasteiger partial charge >= 0.3 is 18.0 Å². The zero-order valence-corrected chi connectivity index (χ0v) is 15.1. The van der Waals surface area contributed by atoms with Crippen LogP contribution in [0.2, 0.25) is 0 Å². The molecule has 0 spiro atoms. The van der Waals surface area contributed by atoms with Gasteiger partial charge in [-0.15, -0.1) is 11.3 Å². The summed E-state index contributed by atoms with van der Waals surface area (Å²) in [7, 11) is 0. The van der Waals surface area contributed by atoms with E-state index < -0.39 is 24.0 Å². The SMILES string of the molecule is CCOC(=O)C1=C(COC(=O)CNC(=O)c2cccs2)NC(=O)N[C@H]1C. The Kier molecular flexibility index (Phi) is 6.73. The molecule has 9 nitrogen and oxygen atoms in total. The molecule has 0 radical (unpaired) electrons. The largest absolute Gasteiger partial charge is 0.463 e. The van der Waals surface area contributed by atoms with Gasteiger partial charge < -0.3 is 25.4 Å². The van der Waals surface area contributed by atoms with Gasteiger partial charge in [-0.25, -0.2) is 9.59 Å². The van der Waals surface area contributed by atoms with E-state index in [1.807, 2.05) is 0 Å². The molecule has 3 amide bonds. The van der Waals surface area contributed by atoms with Gasteiger partial charge in [0.1, 0.15) is 13.2 Å². The molecular formula is C16H19N3O6S. The standard InChI is InChI=1S/C16H19N3O6S/c1-3-24-15(22)13-9(2)18-16(23)19-10(13)8-25-12(20)7-17-14(21)11-5-4-6-26-11/h4-6,9H,3,7-8H2,1-2H3,(H,17,21)(H2,18,19,23)/t9-/m0/s1. The summed E-state index contributed by atoms with van der Waals surface area (Å²) in [4.78, 5) is 47.7. The maximum atomic E-state index is 12.0. The molecule has 0 aliphatic carbocycles. The fraction of sp³-hybridized carbons (Fsp3) is 0.375. The normalized spacial score (nSPS) is 16.4. The van der Waals surface area contributed by atoms with Gasteiger partial charge in [0.2, 0.25) is 0 Å². The Hall–Kier alpha value is -2.88. The quantitative estimate of drug-likeness (QED) is 0.593. The molecule has 10 heteroatoms. The van der Waals surface area contributed by atoms with Gasteiger partial charge in [-0.2, -0.15) is 0 Å². The van der Waals surface area contributed by atoms with Crippen LogP contribution in [0.1, 0.15) is 23.5 Å². The van der Waals surface area contributed by atoms with Crippen molar-refractivity contribution in [2.45, 2.75) is 19.9 Å². The molecule has 1 atom stereocenters. The third-order valence-electron chi connectivity index (χ3n) is 3.38. The summed E-state index contributed by atoms with van der Waals surface area (Å²) >= 11 is 1.25. The van der Waals surface area contributed by atoms with Crippen LogP contribution < -0.4 is 16.0 Å². The molecule has 1 aromatic rings. The minimum atomic E-state index is -0.703. The summed E-state index contributed by atoms with van der Waals surface area (Å²) in [5.74, 6) is -1.69. The molecule has 2 rings (SSSR count). The van der Waals surface area contributed by atoms with E-state index in [0.717, 1.165) is 0 Å². The first kappa shape index (κ1) is 19.4. The van der Waals surface area contributed by atoms with Gasteiger partial charge in [0.25, 0.3) is 5.91 Å². The molecule has 0 aromatic carbocycles. The second kappa shape index (κ2) is 8.99. The highest BCUT2D eigenvalue weighted by atomic mass is 32.1. The molecule has 0 saturated heterocycles. The monoisotopic (exact) mass is 381 g/mol. The molecular weight excluding hydrogens is 362 g/mol. The molecule has 0 unspecified atom stereocenters. The van der Waals surface area contributed by atoms with E-state index in [4.69, 9.17) is 9.47 Å². The number of ether oxygens (including phenoxy) is 2. The second-order valence-electron chi connectivity index (χ2n) is 5.25. The lowest BCUT2D eigenvalue weighted by atomic mass is 10.0. The van der Waals surface area contributed by atoms with E-state index >= 15 is 0 Å². The highest BCUT2D eigenvalue weighted by Gasteiger charge is 2.30. The first-order valence-electron chi connectivity index (χ1n) is 7.87. The fourth-order valence-electron chi connectivity index (χ4n) is 2.24. The molecule has 1 aliphatic rings. The summed E-state index contributed by atoms with van der Waals surface area (Å²) in [6, 6.07) is 2.26. The van der Waals surface area contributed by atoms with Crippen molar-refractivity contribution < 1.29 is 28.7 Å². The van der Waals surface area contributed by atoms with Crippen LogP contribution in [0.5, 0.6) is 0 Å². The Balaban J connectivity index is 1.94. The van der Waals surface area contributed by atoms with Crippen LogP contribution in [-0.2, 0) is 19.1 Å². The van der Waals surface area contributed by atoms with E-state index in [2.05, 4.69) is 16.0 Å². The molecule has 3 N–H and O–H groups in total. The van der Waals surface area contributed by atoms with Crippen LogP contribution in [0.3, 0.4) is 0 Å². The predicted octanol–water partition coefficient (Wildman–Crippen LogP) is 0.540. The van der Waals surface area contributed by atoms with Crippen molar-refractivity contribution in [1.29, 1.82) is 0 Å². The van der Waals surface area contributed by atoms with Crippen LogP contribution >= 0.6 is 11.3 Å². The molecule has 26 heavy (non-hydrogen) atoms. The summed E-state index contributed by atoms with van der Waals surface area (Å²) in [5.41, 5.74) is 0.333. The number of rotatable bonds is 7. The second-order valence-corrected chi connectivity index (χ2v) is 6.20. The highest BCUT2D eigenvalue weighted by Crippen LogP contribution is 2.14. The summed E-state index contributed by atoms with van der Waals surface area (Å²) in [5, 5.41) is 9.16.